The van der Waals surface area contributed by atoms with Gasteiger partial charge in [-0.1, -0.05) is 0 Å². The summed E-state index contributed by atoms with van der Waals surface area (Å²) in [6.45, 7) is 0.602. The molecule has 0 atom stereocenters. The molecule has 1 aromatic heterocycles. The van der Waals surface area contributed by atoms with Gasteiger partial charge >= 0.3 is 73.9 Å². The predicted molar refractivity (Wildman–Crippen MR) is 49.6 cm³/mol. The molecule has 1 aromatic rings. The van der Waals surface area contributed by atoms with Crippen molar-refractivity contribution in [3.63, 3.8) is 0 Å². The summed E-state index contributed by atoms with van der Waals surface area (Å²) in [4.78, 5) is 1.01. The van der Waals surface area contributed by atoms with Gasteiger partial charge in [-0.15, -0.1) is 0 Å². The van der Waals surface area contributed by atoms with Crippen molar-refractivity contribution in [1.82, 2.24) is 0 Å². The van der Waals surface area contributed by atoms with Crippen LogP contribution in [0.15, 0.2) is 12.1 Å². The van der Waals surface area contributed by atoms with Gasteiger partial charge in [0.25, 0.3) is 0 Å². The first-order chi connectivity index (χ1) is 5.33. The number of hydrogen-bond acceptors (Lipinski definition) is 3. The first-order valence-electron chi connectivity index (χ1n) is 3.03. The summed E-state index contributed by atoms with van der Waals surface area (Å²) in [7, 11) is 3.85. The van der Waals surface area contributed by atoms with Gasteiger partial charge in [0.1, 0.15) is 0 Å². The van der Waals surface area contributed by atoms with Crippen molar-refractivity contribution in [1.29, 1.82) is 0 Å². The van der Waals surface area contributed by atoms with Gasteiger partial charge in [-0.25, -0.2) is 0 Å². The standard InChI is InChI=1S/C6H7FOPS2/c7-6-2-1-5(10-6)3-4-8-11-9/h1-2,11H,3-4H2/q-1. The van der Waals surface area contributed by atoms with Crippen LogP contribution in [0.1, 0.15) is 4.88 Å². The Balaban J connectivity index is 2.34. The second-order valence-electron chi connectivity index (χ2n) is 1.87. The molecule has 0 radical (unpaired) electrons. The van der Waals surface area contributed by atoms with E-state index in [0.29, 0.717) is 17.6 Å². The minimum atomic E-state index is -0.136. The average molecular weight is 209 g/mol. The molecule has 0 fully saturated rings. The Morgan fingerprint density at radius 3 is 3.00 bits per heavy atom. The van der Waals surface area contributed by atoms with Crippen LogP contribution < -0.4 is 0 Å². The van der Waals surface area contributed by atoms with Crippen molar-refractivity contribution in [3.05, 3.63) is 22.1 Å². The summed E-state index contributed by atoms with van der Waals surface area (Å²) in [5, 5.41) is -0.136. The number of thiol groups is 1. The average Bonchev–Trinajstić information content (AvgIpc) is 2.37. The molecule has 5 heteroatoms. The minimum absolute atomic E-state index is 0.136. The molecule has 1 heterocycles. The Morgan fingerprint density at radius 2 is 2.45 bits per heavy atom. The number of thiophene rings is 1. The van der Waals surface area contributed by atoms with E-state index < -0.39 is 0 Å². The van der Waals surface area contributed by atoms with Gasteiger partial charge in [0.15, 0.2) is 0 Å². The van der Waals surface area contributed by atoms with E-state index in [1.807, 2.05) is 0 Å². The molecule has 0 aliphatic heterocycles. The van der Waals surface area contributed by atoms with Crippen LogP contribution in [-0.2, 0) is 21.6 Å². The fourth-order valence-electron chi connectivity index (χ4n) is 0.673. The maximum atomic E-state index is 12.4. The fraction of sp³-hybridized carbons (Fsp3) is 0.333. The van der Waals surface area contributed by atoms with E-state index >= 15 is 0 Å². The SMILES string of the molecule is Fc1ccc(CCO[SH-]#P)s1. The fourth-order valence-corrected chi connectivity index (χ4v) is 1.80. The van der Waals surface area contributed by atoms with Crippen LogP contribution in [-0.4, -0.2) is 6.61 Å². The van der Waals surface area contributed by atoms with Crippen LogP contribution in [0.4, 0.5) is 4.39 Å². The summed E-state index contributed by atoms with van der Waals surface area (Å²) in [5.74, 6) is 0. The molecule has 0 aromatic carbocycles. The van der Waals surface area contributed by atoms with Crippen molar-refractivity contribution in [2.75, 3.05) is 6.61 Å². The van der Waals surface area contributed by atoms with Gasteiger partial charge in [-0.3, -0.25) is 0 Å². The number of hydrogen-bond donors (Lipinski definition) is 0. The summed E-state index contributed by atoms with van der Waals surface area (Å²) < 4.78 is 17.4. The number of rotatable bonds is 3. The molecule has 0 saturated heterocycles. The van der Waals surface area contributed by atoms with Gasteiger partial charge < -0.3 is 0 Å². The van der Waals surface area contributed by atoms with Gasteiger partial charge in [0, 0.05) is 0 Å². The first kappa shape index (κ1) is 9.46. The molecule has 0 N–H and O–H groups in total. The molecule has 0 aliphatic rings. The van der Waals surface area contributed by atoms with Gasteiger partial charge in [0.05, 0.1) is 0 Å². The Kier molecular flexibility index (Phi) is 4.38. The van der Waals surface area contributed by atoms with E-state index in [2.05, 4.69) is 7.81 Å². The van der Waals surface area contributed by atoms with Crippen LogP contribution in [0.2, 0.25) is 0 Å². The predicted octanol–water partition coefficient (Wildman–Crippen LogP) is 2.50. The zero-order valence-electron chi connectivity index (χ0n) is 5.66. The topological polar surface area (TPSA) is 9.23 Å². The zero-order chi connectivity index (χ0) is 8.10. The summed E-state index contributed by atoms with van der Waals surface area (Å²) in [6.07, 6.45) is 0.766. The molecule has 1 nitrogen and oxygen atoms in total. The van der Waals surface area contributed by atoms with Gasteiger partial charge in [-0.2, -0.15) is 0 Å². The molecule has 11 heavy (non-hydrogen) atoms. The van der Waals surface area contributed by atoms with E-state index in [9.17, 15) is 4.39 Å². The van der Waals surface area contributed by atoms with E-state index in [0.717, 1.165) is 22.6 Å². The van der Waals surface area contributed by atoms with Crippen LogP contribution in [0.3, 0.4) is 0 Å². The van der Waals surface area contributed by atoms with Crippen LogP contribution in [0, 0.1) is 5.13 Å². The van der Waals surface area contributed by atoms with Crippen molar-refractivity contribution < 1.29 is 8.57 Å². The molecule has 0 saturated carbocycles. The van der Waals surface area contributed by atoms with E-state index in [-0.39, 0.29) is 5.13 Å². The van der Waals surface area contributed by atoms with E-state index in [4.69, 9.17) is 4.18 Å². The molecule has 0 aliphatic carbocycles. The second kappa shape index (κ2) is 5.09. The van der Waals surface area contributed by atoms with Crippen LogP contribution in [0.25, 0.3) is 0 Å². The molecule has 0 spiro atoms. The maximum absolute atomic E-state index is 12.4. The van der Waals surface area contributed by atoms with Gasteiger partial charge in [-0.05, 0) is 0 Å². The molecular weight excluding hydrogens is 202 g/mol. The molecule has 0 amide bonds. The first-order valence-corrected chi connectivity index (χ1v) is 5.81. The summed E-state index contributed by atoms with van der Waals surface area (Å²) >= 11 is 1.79. The number of halogens is 1. The Labute approximate surface area is 74.2 Å². The Bertz CT molecular complexity index is 268. The van der Waals surface area contributed by atoms with Crippen molar-refractivity contribution in [2.24, 2.45) is 0 Å². The van der Waals surface area contributed by atoms with Crippen molar-refractivity contribution >= 4 is 30.2 Å². The Hall–Kier alpha value is 0.370. The summed E-state index contributed by atoms with van der Waals surface area (Å²) in [5.41, 5.74) is 0. The normalized spacial score (nSPS) is 10.2. The van der Waals surface area contributed by atoms with E-state index in [1.165, 1.54) is 6.07 Å². The van der Waals surface area contributed by atoms with Crippen molar-refractivity contribution in [3.8, 4) is 0 Å². The third-order valence-corrected chi connectivity index (χ3v) is 2.70. The van der Waals surface area contributed by atoms with E-state index in [1.54, 1.807) is 6.07 Å². The van der Waals surface area contributed by atoms with Gasteiger partial charge in [0.2, 0.25) is 0 Å². The van der Waals surface area contributed by atoms with Crippen LogP contribution >= 0.6 is 19.2 Å². The molecule has 1 rings (SSSR count). The quantitative estimate of drug-likeness (QED) is 0.321. The molecule has 0 unspecified atom stereocenters. The third-order valence-electron chi connectivity index (χ3n) is 1.13. The molecule has 0 bridgehead atoms. The summed E-state index contributed by atoms with van der Waals surface area (Å²) in [6, 6.07) is 3.25. The van der Waals surface area contributed by atoms with Crippen LogP contribution in [0.5, 0.6) is 0 Å². The zero-order valence-corrected chi connectivity index (χ0v) is 8.26. The molecular formula is C6H7FOPS2-. The third kappa shape index (κ3) is 3.52. The second-order valence-corrected chi connectivity index (χ2v) is 3.90. The Morgan fingerprint density at radius 1 is 1.64 bits per heavy atom. The monoisotopic (exact) mass is 209 g/mol. The van der Waals surface area contributed by atoms with Crippen molar-refractivity contribution in [2.45, 2.75) is 6.42 Å². The molecule has 62 valence electrons.